The molecular weight excluding hydrogens is 412 g/mol. The van der Waals surface area contributed by atoms with Crippen molar-refractivity contribution in [3.8, 4) is 18.1 Å². The topological polar surface area (TPSA) is 32.8 Å². The fourth-order valence-electron chi connectivity index (χ4n) is 3.44. The van der Waals surface area contributed by atoms with Crippen molar-refractivity contribution in [2.24, 2.45) is 0 Å². The van der Waals surface area contributed by atoms with Crippen molar-refractivity contribution in [2.45, 2.75) is 38.1 Å². The molecule has 1 amide bonds. The number of benzene rings is 1. The van der Waals surface area contributed by atoms with Crippen LogP contribution in [0.15, 0.2) is 28.4 Å². The van der Waals surface area contributed by atoms with E-state index in [-0.39, 0.29) is 18.6 Å². The Bertz CT molecular complexity index is 793. The first kappa shape index (κ1) is 18.9. The highest BCUT2D eigenvalue weighted by Gasteiger charge is 2.40. The normalized spacial score (nSPS) is 20.0. The van der Waals surface area contributed by atoms with Crippen LogP contribution in [0.3, 0.4) is 0 Å². The van der Waals surface area contributed by atoms with Gasteiger partial charge >= 0.3 is 0 Å². The van der Waals surface area contributed by atoms with Crippen LogP contribution in [-0.4, -0.2) is 40.5 Å². The highest BCUT2D eigenvalue weighted by Crippen LogP contribution is 2.32. The fourth-order valence-corrected chi connectivity index (χ4v) is 4.28. The maximum atomic E-state index is 13.0. The molecule has 0 atom stereocenters. The van der Waals surface area contributed by atoms with Gasteiger partial charge in [0, 0.05) is 13.1 Å². The predicted molar refractivity (Wildman–Crippen MR) is 111 cm³/mol. The average Bonchev–Trinajstić information content (AvgIpc) is 2.85. The lowest BCUT2D eigenvalue weighted by Crippen LogP contribution is -2.41. The van der Waals surface area contributed by atoms with Gasteiger partial charge < -0.3 is 9.64 Å². The number of hydrogen-bond acceptors (Lipinski definition) is 3. The van der Waals surface area contributed by atoms with Crippen LogP contribution in [0.5, 0.6) is 5.75 Å². The number of terminal acetylenes is 1. The van der Waals surface area contributed by atoms with Crippen LogP contribution in [0.1, 0.15) is 37.7 Å². The zero-order valence-corrected chi connectivity index (χ0v) is 17.1. The van der Waals surface area contributed by atoms with Crippen LogP contribution >= 0.6 is 28.1 Å². The van der Waals surface area contributed by atoms with E-state index >= 15 is 0 Å². The standard InChI is InChI=1S/C20H21BrN2O2S/c1-3-11-25-18-10-9-14(12-16(18)21)13-17-19(24)23(20(26)22(17)2)15-7-5-4-6-8-15/h1,9-10,12-13,15H,4-8,11H2,2H3. The molecule has 3 rings (SSSR count). The number of hydrogen-bond donors (Lipinski definition) is 0. The summed E-state index contributed by atoms with van der Waals surface area (Å²) in [6.07, 6.45) is 12.7. The van der Waals surface area contributed by atoms with Gasteiger partial charge in [-0.25, -0.2) is 0 Å². The monoisotopic (exact) mass is 432 g/mol. The molecule has 0 radical (unpaired) electrons. The zero-order valence-electron chi connectivity index (χ0n) is 14.7. The van der Waals surface area contributed by atoms with E-state index in [1.165, 1.54) is 6.42 Å². The number of amides is 1. The van der Waals surface area contributed by atoms with E-state index in [9.17, 15) is 4.79 Å². The average molecular weight is 433 g/mol. The van der Waals surface area contributed by atoms with Crippen LogP contribution in [0.25, 0.3) is 6.08 Å². The number of ether oxygens (including phenoxy) is 1. The van der Waals surface area contributed by atoms with Crippen LogP contribution < -0.4 is 4.74 Å². The Labute approximate surface area is 168 Å². The van der Waals surface area contributed by atoms with Gasteiger partial charge in [-0.05, 0) is 64.8 Å². The number of carbonyl (C=O) groups excluding carboxylic acids is 1. The smallest absolute Gasteiger partial charge is 0.277 e. The molecule has 1 aromatic rings. The maximum absolute atomic E-state index is 13.0. The van der Waals surface area contributed by atoms with Crippen LogP contribution in [0.4, 0.5) is 0 Å². The van der Waals surface area contributed by atoms with E-state index in [1.807, 2.05) is 36.2 Å². The molecule has 0 spiro atoms. The summed E-state index contributed by atoms with van der Waals surface area (Å²) in [5.74, 6) is 3.11. The largest absolute Gasteiger partial charge is 0.480 e. The molecule has 0 bridgehead atoms. The highest BCUT2D eigenvalue weighted by molar-refractivity contribution is 9.10. The van der Waals surface area contributed by atoms with Gasteiger partial charge in [0.25, 0.3) is 5.91 Å². The predicted octanol–water partition coefficient (Wildman–Crippen LogP) is 4.19. The molecule has 1 aliphatic carbocycles. The third-order valence-electron chi connectivity index (χ3n) is 4.80. The Morgan fingerprint density at radius 3 is 2.77 bits per heavy atom. The summed E-state index contributed by atoms with van der Waals surface area (Å²) in [7, 11) is 1.86. The van der Waals surface area contributed by atoms with E-state index in [0.717, 1.165) is 35.7 Å². The lowest BCUT2D eigenvalue weighted by Gasteiger charge is -2.30. The molecule has 2 aliphatic rings. The Balaban J connectivity index is 1.84. The summed E-state index contributed by atoms with van der Waals surface area (Å²) in [6, 6.07) is 5.87. The summed E-state index contributed by atoms with van der Waals surface area (Å²) in [5.41, 5.74) is 1.50. The van der Waals surface area contributed by atoms with E-state index in [1.54, 1.807) is 4.90 Å². The van der Waals surface area contributed by atoms with Crippen molar-refractivity contribution < 1.29 is 9.53 Å². The Hall–Kier alpha value is -1.84. The van der Waals surface area contributed by atoms with Crippen molar-refractivity contribution in [1.29, 1.82) is 0 Å². The molecule has 1 aliphatic heterocycles. The Morgan fingerprint density at radius 1 is 1.38 bits per heavy atom. The molecular formula is C20H21BrN2O2S. The van der Waals surface area contributed by atoms with Crippen LogP contribution in [0.2, 0.25) is 0 Å². The minimum Gasteiger partial charge on any atom is -0.480 e. The van der Waals surface area contributed by atoms with E-state index in [2.05, 4.69) is 21.9 Å². The van der Waals surface area contributed by atoms with Crippen LogP contribution in [-0.2, 0) is 4.79 Å². The second kappa shape index (κ2) is 8.24. The van der Waals surface area contributed by atoms with E-state index in [4.69, 9.17) is 23.4 Å². The van der Waals surface area contributed by atoms with Crippen molar-refractivity contribution >= 4 is 45.2 Å². The summed E-state index contributed by atoms with van der Waals surface area (Å²) in [4.78, 5) is 16.6. The number of carbonyl (C=O) groups is 1. The van der Waals surface area contributed by atoms with Gasteiger partial charge in [-0.2, -0.15) is 0 Å². The van der Waals surface area contributed by atoms with Gasteiger partial charge in [0.05, 0.1) is 4.47 Å². The first-order valence-corrected chi connectivity index (χ1v) is 9.92. The molecule has 1 heterocycles. The minimum atomic E-state index is -0.00631. The van der Waals surface area contributed by atoms with Gasteiger partial charge in [-0.15, -0.1) is 6.42 Å². The lowest BCUT2D eigenvalue weighted by atomic mass is 9.94. The van der Waals surface area contributed by atoms with Crippen molar-refractivity contribution in [1.82, 2.24) is 9.80 Å². The number of nitrogens with zero attached hydrogens (tertiary/aromatic N) is 2. The molecule has 1 saturated heterocycles. The third kappa shape index (κ3) is 3.79. The molecule has 1 saturated carbocycles. The summed E-state index contributed by atoms with van der Waals surface area (Å²) in [6.45, 7) is 0.213. The molecule has 2 fully saturated rings. The summed E-state index contributed by atoms with van der Waals surface area (Å²) >= 11 is 9.04. The number of halogens is 1. The number of thiocarbonyl (C=S) groups is 1. The first-order chi connectivity index (χ1) is 12.5. The fraction of sp³-hybridized carbons (Fsp3) is 0.400. The van der Waals surface area contributed by atoms with Gasteiger partial charge in [0.15, 0.2) is 5.11 Å². The molecule has 6 heteroatoms. The number of likely N-dealkylation sites (N-methyl/N-ethyl adjacent to an activating group) is 1. The van der Waals surface area contributed by atoms with Crippen LogP contribution in [0, 0.1) is 12.3 Å². The second-order valence-corrected chi connectivity index (χ2v) is 7.74. The van der Waals surface area contributed by atoms with Gasteiger partial charge in [-0.3, -0.25) is 9.69 Å². The van der Waals surface area contributed by atoms with Gasteiger partial charge in [-0.1, -0.05) is 31.2 Å². The Morgan fingerprint density at radius 2 is 2.12 bits per heavy atom. The Kier molecular flexibility index (Phi) is 6.00. The highest BCUT2D eigenvalue weighted by atomic mass is 79.9. The molecule has 0 aromatic heterocycles. The zero-order chi connectivity index (χ0) is 18.7. The SMILES string of the molecule is C#CCOc1ccc(C=C2C(=O)N(C3CCCCC3)C(=S)N2C)cc1Br. The molecule has 136 valence electrons. The second-order valence-electron chi connectivity index (χ2n) is 6.52. The van der Waals surface area contributed by atoms with Gasteiger partial charge in [0.2, 0.25) is 0 Å². The summed E-state index contributed by atoms with van der Waals surface area (Å²) in [5, 5.41) is 0.598. The van der Waals surface area contributed by atoms with Crippen molar-refractivity contribution in [2.75, 3.05) is 13.7 Å². The first-order valence-electron chi connectivity index (χ1n) is 8.71. The molecule has 4 nitrogen and oxygen atoms in total. The molecule has 26 heavy (non-hydrogen) atoms. The van der Waals surface area contributed by atoms with Gasteiger partial charge in [0.1, 0.15) is 18.1 Å². The summed E-state index contributed by atoms with van der Waals surface area (Å²) < 4.78 is 6.25. The molecule has 1 aromatic carbocycles. The minimum absolute atomic E-state index is 0.00631. The molecule has 0 unspecified atom stereocenters. The molecule has 0 N–H and O–H groups in total. The van der Waals surface area contributed by atoms with Crippen molar-refractivity contribution in [3.05, 3.63) is 33.9 Å². The number of rotatable bonds is 4. The lowest BCUT2D eigenvalue weighted by molar-refractivity contribution is -0.124. The maximum Gasteiger partial charge on any atom is 0.277 e. The van der Waals surface area contributed by atoms with Crippen molar-refractivity contribution in [3.63, 3.8) is 0 Å². The third-order valence-corrected chi connectivity index (χ3v) is 5.89. The quantitative estimate of drug-likeness (QED) is 0.405. The van der Waals surface area contributed by atoms with E-state index in [0.29, 0.717) is 16.6 Å². The van der Waals surface area contributed by atoms with E-state index < -0.39 is 0 Å².